The smallest absolute Gasteiger partial charge is 0.124 e. The fourth-order valence-corrected chi connectivity index (χ4v) is 3.30. The molecule has 1 aromatic heterocycles. The third kappa shape index (κ3) is 2.91. The van der Waals surface area contributed by atoms with Gasteiger partial charge >= 0.3 is 0 Å². The van der Waals surface area contributed by atoms with Gasteiger partial charge in [-0.05, 0) is 40.2 Å². The highest BCUT2D eigenvalue weighted by Crippen LogP contribution is 2.32. The Morgan fingerprint density at radius 3 is 2.50 bits per heavy atom. The van der Waals surface area contributed by atoms with Gasteiger partial charge in [-0.15, -0.1) is 11.3 Å². The number of nitrogens with zero attached hydrogens (tertiary/aromatic N) is 2. The summed E-state index contributed by atoms with van der Waals surface area (Å²) in [6.45, 7) is 0.153. The van der Waals surface area contributed by atoms with E-state index < -0.39 is 0 Å². The molecule has 96 valence electrons. The zero-order valence-corrected chi connectivity index (χ0v) is 12.8. The number of aliphatic hydroxyl groups is 1. The molecule has 1 heterocycles. The number of hydrogen-bond acceptors (Lipinski definition) is 4. The molecule has 0 unspecified atom stereocenters. The van der Waals surface area contributed by atoms with Crippen molar-refractivity contribution in [2.24, 2.45) is 0 Å². The van der Waals surface area contributed by atoms with Crippen LogP contribution in [-0.2, 0) is 6.42 Å². The molecule has 0 saturated heterocycles. The molecule has 0 saturated carbocycles. The largest absolute Gasteiger partial charge is 0.396 e. The summed E-state index contributed by atoms with van der Waals surface area (Å²) >= 11 is 5.05. The van der Waals surface area contributed by atoms with Crippen molar-refractivity contribution in [2.75, 3.05) is 25.6 Å². The Morgan fingerprint density at radius 2 is 1.94 bits per heavy atom. The van der Waals surface area contributed by atoms with Crippen LogP contribution in [0.3, 0.4) is 0 Å². The Balaban J connectivity index is 2.28. The van der Waals surface area contributed by atoms with E-state index in [1.54, 1.807) is 11.3 Å². The van der Waals surface area contributed by atoms with E-state index in [1.165, 1.54) is 5.69 Å². The predicted octanol–water partition coefficient (Wildman–Crippen LogP) is 3.17. The van der Waals surface area contributed by atoms with Crippen molar-refractivity contribution in [3.05, 3.63) is 33.7 Å². The fourth-order valence-electron chi connectivity index (χ4n) is 1.61. The lowest BCUT2D eigenvalue weighted by Gasteiger charge is -2.11. The summed E-state index contributed by atoms with van der Waals surface area (Å²) in [4.78, 5) is 7.64. The highest BCUT2D eigenvalue weighted by Gasteiger charge is 2.10. The van der Waals surface area contributed by atoms with Crippen LogP contribution in [-0.4, -0.2) is 30.8 Å². The Hall–Kier alpha value is -0.910. The highest BCUT2D eigenvalue weighted by molar-refractivity contribution is 9.10. The summed E-state index contributed by atoms with van der Waals surface area (Å²) in [6.07, 6.45) is 0.647. The molecule has 1 N–H and O–H groups in total. The van der Waals surface area contributed by atoms with Gasteiger partial charge in [0.15, 0.2) is 0 Å². The molecule has 0 spiro atoms. The minimum absolute atomic E-state index is 0.153. The lowest BCUT2D eigenvalue weighted by molar-refractivity contribution is 0.300. The molecule has 0 aliphatic heterocycles. The standard InChI is InChI=1S/C13H15BrN2OS/c1-16(2)10-5-3-9(4-6-10)13-15-12(14)11(18-13)7-8-17/h3-6,17H,7-8H2,1-2H3. The maximum absolute atomic E-state index is 8.97. The average molecular weight is 327 g/mol. The van der Waals surface area contributed by atoms with E-state index in [9.17, 15) is 0 Å². The molecule has 2 rings (SSSR count). The molecule has 3 nitrogen and oxygen atoms in total. The maximum Gasteiger partial charge on any atom is 0.124 e. The Labute approximate surface area is 119 Å². The van der Waals surface area contributed by atoms with Crippen LogP contribution in [0.5, 0.6) is 0 Å². The Kier molecular flexibility index (Phi) is 4.37. The molecule has 0 radical (unpaired) electrons. The maximum atomic E-state index is 8.97. The number of thiazole rings is 1. The molecule has 0 bridgehead atoms. The van der Waals surface area contributed by atoms with Crippen molar-refractivity contribution in [1.29, 1.82) is 0 Å². The molecule has 0 fully saturated rings. The molecule has 1 aromatic carbocycles. The first-order chi connectivity index (χ1) is 8.61. The summed E-state index contributed by atoms with van der Waals surface area (Å²) in [5, 5.41) is 9.96. The minimum Gasteiger partial charge on any atom is -0.396 e. The van der Waals surface area contributed by atoms with Crippen molar-refractivity contribution in [3.63, 3.8) is 0 Å². The van der Waals surface area contributed by atoms with E-state index in [2.05, 4.69) is 50.1 Å². The van der Waals surface area contributed by atoms with Crippen molar-refractivity contribution in [3.8, 4) is 10.6 Å². The van der Waals surface area contributed by atoms with Crippen LogP contribution in [0.15, 0.2) is 28.9 Å². The Bertz CT molecular complexity index is 522. The van der Waals surface area contributed by atoms with E-state index in [0.29, 0.717) is 6.42 Å². The van der Waals surface area contributed by atoms with Gasteiger partial charge in [-0.3, -0.25) is 0 Å². The molecule has 0 aliphatic carbocycles. The Morgan fingerprint density at radius 1 is 1.28 bits per heavy atom. The van der Waals surface area contributed by atoms with E-state index >= 15 is 0 Å². The number of aromatic nitrogens is 1. The molecule has 0 aliphatic rings. The van der Waals surface area contributed by atoms with Crippen molar-refractivity contribution in [2.45, 2.75) is 6.42 Å². The van der Waals surface area contributed by atoms with Crippen LogP contribution in [0, 0.1) is 0 Å². The second kappa shape index (κ2) is 5.82. The molecule has 5 heteroatoms. The summed E-state index contributed by atoms with van der Waals surface area (Å²) in [5.74, 6) is 0. The number of hydrogen-bond donors (Lipinski definition) is 1. The number of anilines is 1. The fraction of sp³-hybridized carbons (Fsp3) is 0.308. The van der Waals surface area contributed by atoms with Gasteiger partial charge in [0.2, 0.25) is 0 Å². The summed E-state index contributed by atoms with van der Waals surface area (Å²) in [5.41, 5.74) is 2.28. The first-order valence-electron chi connectivity index (χ1n) is 5.65. The van der Waals surface area contributed by atoms with E-state index in [0.717, 1.165) is 20.1 Å². The zero-order chi connectivity index (χ0) is 13.1. The number of rotatable bonds is 4. The van der Waals surface area contributed by atoms with Gasteiger partial charge in [0, 0.05) is 43.3 Å². The van der Waals surface area contributed by atoms with Gasteiger partial charge < -0.3 is 10.0 Å². The van der Waals surface area contributed by atoms with Gasteiger partial charge in [-0.2, -0.15) is 0 Å². The van der Waals surface area contributed by atoms with E-state index in [1.807, 2.05) is 14.1 Å². The normalized spacial score (nSPS) is 10.7. The van der Waals surface area contributed by atoms with Gasteiger partial charge in [-0.25, -0.2) is 4.98 Å². The van der Waals surface area contributed by atoms with Crippen molar-refractivity contribution in [1.82, 2.24) is 4.98 Å². The molecule has 2 aromatic rings. The SMILES string of the molecule is CN(C)c1ccc(-c2nc(Br)c(CCO)s2)cc1. The van der Waals surface area contributed by atoms with Crippen LogP contribution in [0.1, 0.15) is 4.88 Å². The monoisotopic (exact) mass is 326 g/mol. The quantitative estimate of drug-likeness (QED) is 0.937. The first-order valence-corrected chi connectivity index (χ1v) is 7.26. The lowest BCUT2D eigenvalue weighted by Crippen LogP contribution is -2.07. The molecular formula is C13H15BrN2OS. The van der Waals surface area contributed by atoms with Crippen LogP contribution in [0.25, 0.3) is 10.6 Å². The third-order valence-electron chi connectivity index (χ3n) is 2.62. The zero-order valence-electron chi connectivity index (χ0n) is 10.4. The van der Waals surface area contributed by atoms with E-state index in [-0.39, 0.29) is 6.61 Å². The highest BCUT2D eigenvalue weighted by atomic mass is 79.9. The average Bonchev–Trinajstić information content (AvgIpc) is 2.72. The lowest BCUT2D eigenvalue weighted by atomic mass is 10.2. The summed E-state index contributed by atoms with van der Waals surface area (Å²) in [6, 6.07) is 8.30. The van der Waals surface area contributed by atoms with Gasteiger partial charge in [0.05, 0.1) is 0 Å². The van der Waals surface area contributed by atoms with Crippen molar-refractivity contribution >= 4 is 33.0 Å². The first kappa shape index (κ1) is 13.5. The molecule has 0 atom stereocenters. The third-order valence-corrected chi connectivity index (χ3v) is 4.70. The van der Waals surface area contributed by atoms with Gasteiger partial charge in [0.25, 0.3) is 0 Å². The minimum atomic E-state index is 0.153. The number of aliphatic hydroxyl groups excluding tert-OH is 1. The topological polar surface area (TPSA) is 36.4 Å². The van der Waals surface area contributed by atoms with Gasteiger partial charge in [-0.1, -0.05) is 0 Å². The number of benzene rings is 1. The van der Waals surface area contributed by atoms with Crippen LogP contribution in [0.4, 0.5) is 5.69 Å². The summed E-state index contributed by atoms with van der Waals surface area (Å²) in [7, 11) is 4.04. The molecule has 0 amide bonds. The second-order valence-electron chi connectivity index (χ2n) is 4.15. The van der Waals surface area contributed by atoms with Crippen molar-refractivity contribution < 1.29 is 5.11 Å². The van der Waals surface area contributed by atoms with E-state index in [4.69, 9.17) is 5.11 Å². The predicted molar refractivity (Wildman–Crippen MR) is 80.4 cm³/mol. The van der Waals surface area contributed by atoms with Crippen LogP contribution in [0.2, 0.25) is 0 Å². The summed E-state index contributed by atoms with van der Waals surface area (Å²) < 4.78 is 0.841. The van der Waals surface area contributed by atoms with Crippen LogP contribution < -0.4 is 4.90 Å². The van der Waals surface area contributed by atoms with Gasteiger partial charge in [0.1, 0.15) is 9.61 Å². The van der Waals surface area contributed by atoms with Crippen LogP contribution >= 0.6 is 27.3 Å². The number of halogens is 1. The second-order valence-corrected chi connectivity index (χ2v) is 5.98. The molecular weight excluding hydrogens is 312 g/mol. The molecule has 18 heavy (non-hydrogen) atoms.